The summed E-state index contributed by atoms with van der Waals surface area (Å²) in [4.78, 5) is 27.5. The zero-order chi connectivity index (χ0) is 19.2. The van der Waals surface area contributed by atoms with Gasteiger partial charge in [0.15, 0.2) is 0 Å². The molecule has 0 radical (unpaired) electrons. The van der Waals surface area contributed by atoms with E-state index in [0.717, 1.165) is 5.56 Å². The molecule has 6 heteroatoms. The van der Waals surface area contributed by atoms with E-state index in [-0.39, 0.29) is 11.8 Å². The van der Waals surface area contributed by atoms with Crippen molar-refractivity contribution in [1.29, 1.82) is 0 Å². The monoisotopic (exact) mass is 361 g/mol. The molecule has 0 saturated heterocycles. The molecule has 0 bridgehead atoms. The van der Waals surface area contributed by atoms with Gasteiger partial charge in [0.2, 0.25) is 5.91 Å². The zero-order valence-electron chi connectivity index (χ0n) is 15.0. The van der Waals surface area contributed by atoms with Gasteiger partial charge in [0.05, 0.1) is 6.20 Å². The molecular weight excluding hydrogens is 342 g/mol. The number of rotatable bonds is 5. The first-order valence-corrected chi connectivity index (χ1v) is 8.39. The Morgan fingerprint density at radius 2 is 1.70 bits per heavy atom. The maximum atomic E-state index is 12.4. The van der Waals surface area contributed by atoms with E-state index in [4.69, 9.17) is 4.74 Å². The number of anilines is 2. The van der Waals surface area contributed by atoms with Gasteiger partial charge >= 0.3 is 0 Å². The van der Waals surface area contributed by atoms with Crippen LogP contribution in [0.4, 0.5) is 11.4 Å². The molecule has 136 valence electrons. The number of nitrogens with one attached hydrogen (secondary N) is 2. The predicted molar refractivity (Wildman–Crippen MR) is 104 cm³/mol. The molecule has 2 amide bonds. The average molecular weight is 361 g/mol. The fraction of sp³-hybridized carbons (Fsp3) is 0.0952. The Hall–Kier alpha value is -3.67. The standard InChI is InChI=1S/C21H19N3O3/c1-14-12-18(9-10-20(14)27-19-4-3-11-22-13-19)24-21(26)16-5-7-17(8-6-16)23-15(2)25/h3-13H,1-2H3,(H,23,25)(H,24,26). The lowest BCUT2D eigenvalue weighted by molar-refractivity contribution is -0.114. The van der Waals surface area contributed by atoms with Gasteiger partial charge in [-0.2, -0.15) is 0 Å². The van der Waals surface area contributed by atoms with E-state index in [1.54, 1.807) is 54.9 Å². The van der Waals surface area contributed by atoms with Crippen LogP contribution in [-0.4, -0.2) is 16.8 Å². The fourth-order valence-corrected chi connectivity index (χ4v) is 2.49. The van der Waals surface area contributed by atoms with Gasteiger partial charge in [-0.25, -0.2) is 0 Å². The third-order valence-corrected chi connectivity index (χ3v) is 3.76. The number of carbonyl (C=O) groups is 2. The number of carbonyl (C=O) groups excluding carboxylic acids is 2. The van der Waals surface area contributed by atoms with E-state index in [0.29, 0.717) is 28.4 Å². The van der Waals surface area contributed by atoms with E-state index in [2.05, 4.69) is 15.6 Å². The van der Waals surface area contributed by atoms with Crippen molar-refractivity contribution >= 4 is 23.2 Å². The number of hydrogen-bond acceptors (Lipinski definition) is 4. The van der Waals surface area contributed by atoms with Gasteiger partial charge in [0.1, 0.15) is 11.5 Å². The Morgan fingerprint density at radius 3 is 2.33 bits per heavy atom. The van der Waals surface area contributed by atoms with Crippen LogP contribution in [0.5, 0.6) is 11.5 Å². The van der Waals surface area contributed by atoms with Crippen LogP contribution in [-0.2, 0) is 4.79 Å². The van der Waals surface area contributed by atoms with Crippen molar-refractivity contribution in [2.24, 2.45) is 0 Å². The first kappa shape index (κ1) is 18.1. The Bertz CT molecular complexity index is 954. The number of hydrogen-bond donors (Lipinski definition) is 2. The maximum Gasteiger partial charge on any atom is 0.255 e. The minimum atomic E-state index is -0.232. The highest BCUT2D eigenvalue weighted by Crippen LogP contribution is 2.27. The van der Waals surface area contributed by atoms with Crippen LogP contribution in [0.2, 0.25) is 0 Å². The SMILES string of the molecule is CC(=O)Nc1ccc(C(=O)Nc2ccc(Oc3cccnc3)c(C)c2)cc1. The van der Waals surface area contributed by atoms with Crippen molar-refractivity contribution in [1.82, 2.24) is 4.98 Å². The van der Waals surface area contributed by atoms with Crippen molar-refractivity contribution in [2.75, 3.05) is 10.6 Å². The summed E-state index contributed by atoms with van der Waals surface area (Å²) in [6.45, 7) is 3.34. The molecule has 27 heavy (non-hydrogen) atoms. The molecule has 1 aromatic heterocycles. The van der Waals surface area contributed by atoms with Crippen LogP contribution < -0.4 is 15.4 Å². The summed E-state index contributed by atoms with van der Waals surface area (Å²) in [5, 5.41) is 5.52. The summed E-state index contributed by atoms with van der Waals surface area (Å²) in [7, 11) is 0. The van der Waals surface area contributed by atoms with Crippen molar-refractivity contribution in [3.8, 4) is 11.5 Å². The average Bonchev–Trinajstić information content (AvgIpc) is 2.65. The highest BCUT2D eigenvalue weighted by molar-refractivity contribution is 6.04. The molecule has 0 unspecified atom stereocenters. The third kappa shape index (κ3) is 4.92. The summed E-state index contributed by atoms with van der Waals surface area (Å²) in [5.41, 5.74) is 2.70. The molecular formula is C21H19N3O3. The fourth-order valence-electron chi connectivity index (χ4n) is 2.49. The molecule has 0 aliphatic carbocycles. The topological polar surface area (TPSA) is 80.3 Å². The van der Waals surface area contributed by atoms with Crippen molar-refractivity contribution in [3.05, 3.63) is 78.1 Å². The molecule has 2 aromatic carbocycles. The number of ether oxygens (including phenoxy) is 1. The second-order valence-electron chi connectivity index (χ2n) is 5.98. The summed E-state index contributed by atoms with van der Waals surface area (Å²) < 4.78 is 5.79. The minimum Gasteiger partial charge on any atom is -0.455 e. The molecule has 6 nitrogen and oxygen atoms in total. The quantitative estimate of drug-likeness (QED) is 0.706. The highest BCUT2D eigenvalue weighted by Gasteiger charge is 2.09. The van der Waals surface area contributed by atoms with Crippen LogP contribution in [0.3, 0.4) is 0 Å². The summed E-state index contributed by atoms with van der Waals surface area (Å²) in [6, 6.07) is 15.7. The lowest BCUT2D eigenvalue weighted by atomic mass is 10.1. The number of pyridine rings is 1. The largest absolute Gasteiger partial charge is 0.455 e. The Morgan fingerprint density at radius 1 is 0.963 bits per heavy atom. The minimum absolute atomic E-state index is 0.156. The van der Waals surface area contributed by atoms with Crippen molar-refractivity contribution < 1.29 is 14.3 Å². The first-order chi connectivity index (χ1) is 13.0. The van der Waals surface area contributed by atoms with Crippen molar-refractivity contribution in [3.63, 3.8) is 0 Å². The summed E-state index contributed by atoms with van der Waals surface area (Å²) >= 11 is 0. The molecule has 0 fully saturated rings. The third-order valence-electron chi connectivity index (χ3n) is 3.76. The van der Waals surface area contributed by atoms with Gasteiger partial charge in [0.25, 0.3) is 5.91 Å². The highest BCUT2D eigenvalue weighted by atomic mass is 16.5. The number of amides is 2. The van der Waals surface area contributed by atoms with Crippen LogP contribution in [0.25, 0.3) is 0 Å². The predicted octanol–water partition coefficient (Wildman–Crippen LogP) is 4.39. The molecule has 0 spiro atoms. The Labute approximate surface area is 157 Å². The molecule has 0 aliphatic heterocycles. The molecule has 0 saturated carbocycles. The van der Waals surface area contributed by atoms with Gasteiger partial charge in [-0.1, -0.05) is 0 Å². The van der Waals surface area contributed by atoms with Crippen LogP contribution >= 0.6 is 0 Å². The zero-order valence-corrected chi connectivity index (χ0v) is 15.0. The Balaban J connectivity index is 1.67. The molecule has 3 rings (SSSR count). The summed E-state index contributed by atoms with van der Waals surface area (Å²) in [5.74, 6) is 0.957. The molecule has 3 aromatic rings. The summed E-state index contributed by atoms with van der Waals surface area (Å²) in [6.07, 6.45) is 3.32. The maximum absolute atomic E-state index is 12.4. The van der Waals surface area contributed by atoms with Gasteiger partial charge < -0.3 is 15.4 Å². The lowest BCUT2D eigenvalue weighted by Crippen LogP contribution is -2.12. The number of benzene rings is 2. The number of aromatic nitrogens is 1. The van der Waals surface area contributed by atoms with E-state index in [9.17, 15) is 9.59 Å². The van der Waals surface area contributed by atoms with Crippen LogP contribution in [0.1, 0.15) is 22.8 Å². The van der Waals surface area contributed by atoms with Gasteiger partial charge in [-0.05, 0) is 67.1 Å². The normalized spacial score (nSPS) is 10.1. The lowest BCUT2D eigenvalue weighted by Gasteiger charge is -2.11. The van der Waals surface area contributed by atoms with E-state index in [1.165, 1.54) is 6.92 Å². The smallest absolute Gasteiger partial charge is 0.255 e. The van der Waals surface area contributed by atoms with Crippen LogP contribution in [0.15, 0.2) is 67.0 Å². The second-order valence-corrected chi connectivity index (χ2v) is 5.98. The number of nitrogens with zero attached hydrogens (tertiary/aromatic N) is 1. The van der Waals surface area contributed by atoms with Crippen molar-refractivity contribution in [2.45, 2.75) is 13.8 Å². The van der Waals surface area contributed by atoms with Gasteiger partial charge in [-0.3, -0.25) is 14.6 Å². The van der Waals surface area contributed by atoms with E-state index < -0.39 is 0 Å². The molecule has 1 heterocycles. The van der Waals surface area contributed by atoms with Crippen LogP contribution in [0, 0.1) is 6.92 Å². The van der Waals surface area contributed by atoms with E-state index >= 15 is 0 Å². The molecule has 0 atom stereocenters. The number of aryl methyl sites for hydroxylation is 1. The Kier molecular flexibility index (Phi) is 5.47. The van der Waals surface area contributed by atoms with Gasteiger partial charge in [-0.15, -0.1) is 0 Å². The molecule has 2 N–H and O–H groups in total. The first-order valence-electron chi connectivity index (χ1n) is 8.39. The second kappa shape index (κ2) is 8.14. The van der Waals surface area contributed by atoms with Gasteiger partial charge in [0, 0.05) is 30.1 Å². The molecule has 0 aliphatic rings. The van der Waals surface area contributed by atoms with E-state index in [1.807, 2.05) is 19.1 Å².